The van der Waals surface area contributed by atoms with Crippen molar-refractivity contribution in [2.24, 2.45) is 0 Å². The largest absolute Gasteiger partial charge is 0.514 e. The third-order valence-electron chi connectivity index (χ3n) is 6.25. The monoisotopic (exact) mass is 528 g/mol. The SMILES string of the molecule is CCCCCCCCc1ccc(-c2ccc(OC(=O)OC(CCCCCC)C(F)(F)F)c(F)c2F)cc1. The topological polar surface area (TPSA) is 35.5 Å². The normalized spacial score (nSPS) is 12.4. The van der Waals surface area contributed by atoms with Gasteiger partial charge in [-0.15, -0.1) is 0 Å². The van der Waals surface area contributed by atoms with Crippen LogP contribution in [0.1, 0.15) is 90.0 Å². The highest BCUT2D eigenvalue weighted by atomic mass is 19.4. The molecule has 0 radical (unpaired) electrons. The molecule has 206 valence electrons. The molecule has 2 aromatic rings. The second kappa shape index (κ2) is 15.6. The molecular formula is C29H37F5O3. The van der Waals surface area contributed by atoms with E-state index in [1.165, 1.54) is 31.7 Å². The zero-order valence-electron chi connectivity index (χ0n) is 21.6. The number of hydrogen-bond acceptors (Lipinski definition) is 3. The van der Waals surface area contributed by atoms with Crippen LogP contribution in [0, 0.1) is 11.6 Å². The minimum Gasteiger partial charge on any atom is -0.421 e. The van der Waals surface area contributed by atoms with Gasteiger partial charge in [0.1, 0.15) is 0 Å². The van der Waals surface area contributed by atoms with E-state index in [-0.39, 0.29) is 12.0 Å². The number of carbonyl (C=O) groups excluding carboxylic acids is 1. The fourth-order valence-corrected chi connectivity index (χ4v) is 4.07. The van der Waals surface area contributed by atoms with Crippen molar-refractivity contribution in [2.45, 2.75) is 103 Å². The van der Waals surface area contributed by atoms with E-state index in [1.54, 1.807) is 12.1 Å². The van der Waals surface area contributed by atoms with Gasteiger partial charge < -0.3 is 9.47 Å². The van der Waals surface area contributed by atoms with Crippen LogP contribution in [-0.4, -0.2) is 18.4 Å². The summed E-state index contributed by atoms with van der Waals surface area (Å²) in [6.07, 6.45) is 1.02. The van der Waals surface area contributed by atoms with Crippen LogP contribution in [0.2, 0.25) is 0 Å². The fraction of sp³-hybridized carbons (Fsp3) is 0.552. The lowest BCUT2D eigenvalue weighted by Gasteiger charge is -2.20. The summed E-state index contributed by atoms with van der Waals surface area (Å²) < 4.78 is 78.0. The molecule has 0 aromatic heterocycles. The molecule has 0 aliphatic carbocycles. The summed E-state index contributed by atoms with van der Waals surface area (Å²) >= 11 is 0. The Kier molecular flexibility index (Phi) is 12.9. The van der Waals surface area contributed by atoms with E-state index in [1.807, 2.05) is 19.1 Å². The third-order valence-corrected chi connectivity index (χ3v) is 6.25. The van der Waals surface area contributed by atoms with Crippen molar-refractivity contribution >= 4 is 6.16 Å². The molecule has 8 heteroatoms. The zero-order chi connectivity index (χ0) is 27.3. The highest BCUT2D eigenvalue weighted by Gasteiger charge is 2.43. The number of alkyl halides is 3. The van der Waals surface area contributed by atoms with Gasteiger partial charge in [0.2, 0.25) is 11.9 Å². The first-order valence-electron chi connectivity index (χ1n) is 13.2. The summed E-state index contributed by atoms with van der Waals surface area (Å²) in [6, 6.07) is 9.31. The van der Waals surface area contributed by atoms with E-state index >= 15 is 0 Å². The molecule has 0 saturated carbocycles. The van der Waals surface area contributed by atoms with Crippen molar-refractivity contribution in [3.05, 3.63) is 53.6 Å². The lowest BCUT2D eigenvalue weighted by Crippen LogP contribution is -2.34. The van der Waals surface area contributed by atoms with E-state index in [4.69, 9.17) is 0 Å². The highest BCUT2D eigenvalue weighted by Crippen LogP contribution is 2.32. The summed E-state index contributed by atoms with van der Waals surface area (Å²) in [7, 11) is 0. The molecule has 0 N–H and O–H groups in total. The molecule has 0 aliphatic heterocycles. The molecule has 2 rings (SSSR count). The van der Waals surface area contributed by atoms with Gasteiger partial charge in [0.05, 0.1) is 0 Å². The second-order valence-corrected chi connectivity index (χ2v) is 9.30. The fourth-order valence-electron chi connectivity index (χ4n) is 4.07. The number of unbranched alkanes of at least 4 members (excludes halogenated alkanes) is 8. The molecule has 2 aromatic carbocycles. The maximum Gasteiger partial charge on any atom is 0.514 e. The molecule has 0 bridgehead atoms. The Morgan fingerprint density at radius 1 is 0.784 bits per heavy atom. The van der Waals surface area contributed by atoms with Gasteiger partial charge in [0.15, 0.2) is 11.6 Å². The van der Waals surface area contributed by atoms with Crippen LogP contribution in [0.5, 0.6) is 5.75 Å². The summed E-state index contributed by atoms with van der Waals surface area (Å²) in [5, 5.41) is 0. The molecule has 0 amide bonds. The van der Waals surface area contributed by atoms with Gasteiger partial charge in [-0.1, -0.05) is 89.5 Å². The molecule has 0 aliphatic rings. The van der Waals surface area contributed by atoms with Crippen molar-refractivity contribution in [1.29, 1.82) is 0 Å². The molecule has 0 fully saturated rings. The Hall–Kier alpha value is -2.64. The molecule has 0 spiro atoms. The minimum atomic E-state index is -4.79. The van der Waals surface area contributed by atoms with Gasteiger partial charge in [-0.3, -0.25) is 0 Å². The van der Waals surface area contributed by atoms with E-state index in [9.17, 15) is 26.7 Å². The average molecular weight is 529 g/mol. The van der Waals surface area contributed by atoms with Crippen molar-refractivity contribution in [3.8, 4) is 16.9 Å². The van der Waals surface area contributed by atoms with Crippen molar-refractivity contribution < 1.29 is 36.2 Å². The van der Waals surface area contributed by atoms with Crippen LogP contribution >= 0.6 is 0 Å². The van der Waals surface area contributed by atoms with Crippen LogP contribution in [-0.2, 0) is 11.2 Å². The molecule has 0 heterocycles. The Labute approximate surface area is 216 Å². The number of ether oxygens (including phenoxy) is 2. The molecule has 0 saturated heterocycles. The predicted octanol–water partition coefficient (Wildman–Crippen LogP) is 9.95. The van der Waals surface area contributed by atoms with Crippen LogP contribution < -0.4 is 4.74 Å². The number of benzene rings is 2. The number of halogens is 5. The smallest absolute Gasteiger partial charge is 0.421 e. The van der Waals surface area contributed by atoms with Crippen LogP contribution in [0.15, 0.2) is 36.4 Å². The quantitative estimate of drug-likeness (QED) is 0.0999. The van der Waals surface area contributed by atoms with Gasteiger partial charge in [-0.25, -0.2) is 9.18 Å². The first-order valence-corrected chi connectivity index (χ1v) is 13.2. The van der Waals surface area contributed by atoms with Gasteiger partial charge in [0, 0.05) is 5.56 Å². The van der Waals surface area contributed by atoms with Crippen LogP contribution in [0.4, 0.5) is 26.7 Å². The minimum absolute atomic E-state index is 0.0478. The number of carbonyl (C=O) groups is 1. The summed E-state index contributed by atoms with van der Waals surface area (Å²) in [5.74, 6) is -3.57. The Morgan fingerprint density at radius 3 is 2.00 bits per heavy atom. The lowest BCUT2D eigenvalue weighted by atomic mass is 10.00. The molecule has 3 nitrogen and oxygen atoms in total. The molecular weight excluding hydrogens is 491 g/mol. The first kappa shape index (κ1) is 30.6. The number of rotatable bonds is 15. The van der Waals surface area contributed by atoms with Gasteiger partial charge in [-0.05, 0) is 48.9 Å². The Balaban J connectivity index is 1.99. The predicted molar refractivity (Wildman–Crippen MR) is 135 cm³/mol. The molecule has 37 heavy (non-hydrogen) atoms. The first-order chi connectivity index (χ1) is 17.7. The molecule has 1 atom stereocenters. The summed E-state index contributed by atoms with van der Waals surface area (Å²) in [5.41, 5.74) is 1.48. The van der Waals surface area contributed by atoms with Gasteiger partial charge in [-0.2, -0.15) is 17.6 Å². The number of aryl methyl sites for hydroxylation is 1. The van der Waals surface area contributed by atoms with Gasteiger partial charge in [0.25, 0.3) is 0 Å². The third kappa shape index (κ3) is 10.3. The van der Waals surface area contributed by atoms with E-state index in [0.717, 1.165) is 43.7 Å². The highest BCUT2D eigenvalue weighted by molar-refractivity contribution is 5.68. The van der Waals surface area contributed by atoms with Crippen LogP contribution in [0.3, 0.4) is 0 Å². The van der Waals surface area contributed by atoms with Gasteiger partial charge >= 0.3 is 12.3 Å². The van der Waals surface area contributed by atoms with Crippen LogP contribution in [0.25, 0.3) is 11.1 Å². The summed E-state index contributed by atoms with van der Waals surface area (Å²) in [4.78, 5) is 11.9. The van der Waals surface area contributed by atoms with Crippen molar-refractivity contribution in [2.75, 3.05) is 0 Å². The summed E-state index contributed by atoms with van der Waals surface area (Å²) in [6.45, 7) is 4.09. The maximum atomic E-state index is 14.8. The average Bonchev–Trinajstić information content (AvgIpc) is 2.86. The zero-order valence-corrected chi connectivity index (χ0v) is 21.6. The van der Waals surface area contributed by atoms with Crippen molar-refractivity contribution in [3.63, 3.8) is 0 Å². The number of hydrogen-bond donors (Lipinski definition) is 0. The van der Waals surface area contributed by atoms with Crippen molar-refractivity contribution in [1.82, 2.24) is 0 Å². The Morgan fingerprint density at radius 2 is 1.38 bits per heavy atom. The van der Waals surface area contributed by atoms with E-state index in [0.29, 0.717) is 12.0 Å². The van der Waals surface area contributed by atoms with E-state index < -0.39 is 42.2 Å². The standard InChI is InChI=1S/C29H37F5O3/c1-3-5-7-9-10-11-13-21-15-17-22(18-16-21)23-19-20-24(27(31)26(23)30)36-28(35)37-25(29(32,33)34)14-12-8-6-4-2/h15-20,25H,3-14H2,1-2H3. The second-order valence-electron chi connectivity index (χ2n) is 9.30. The molecule has 1 unspecified atom stereocenters. The maximum absolute atomic E-state index is 14.8. The Bertz CT molecular complexity index is 957. The lowest BCUT2D eigenvalue weighted by molar-refractivity contribution is -0.208. The van der Waals surface area contributed by atoms with E-state index in [2.05, 4.69) is 16.4 Å².